The van der Waals surface area contributed by atoms with Gasteiger partial charge in [-0.3, -0.25) is 0 Å². The van der Waals surface area contributed by atoms with E-state index < -0.39 is 34.9 Å². The van der Waals surface area contributed by atoms with Crippen molar-refractivity contribution >= 4 is 24.0 Å². The van der Waals surface area contributed by atoms with Crippen molar-refractivity contribution in [3.63, 3.8) is 0 Å². The molecule has 0 spiro atoms. The maximum atomic E-state index is 12.9. The standard InChI is InChI=1S/C15H10ClF6NO.ClH/c16-12-10(2-1-3-11(12)14(17,18)19)13(23)8-4-6-9(7-5-8)24-15(20,21)22;/h1-7,13H,23H2;1H/t13-;/m0./s1. The number of ether oxygens (including phenoxy) is 1. The third-order valence-corrected chi connectivity index (χ3v) is 3.56. The van der Waals surface area contributed by atoms with Crippen molar-refractivity contribution in [2.45, 2.75) is 18.6 Å². The average molecular weight is 406 g/mol. The second-order valence-electron chi connectivity index (χ2n) is 4.80. The lowest BCUT2D eigenvalue weighted by atomic mass is 9.97. The van der Waals surface area contributed by atoms with E-state index in [1.165, 1.54) is 18.2 Å². The van der Waals surface area contributed by atoms with Crippen LogP contribution in [0.15, 0.2) is 42.5 Å². The molecule has 0 amide bonds. The molecule has 0 aliphatic carbocycles. The lowest BCUT2D eigenvalue weighted by Gasteiger charge is -2.18. The Kier molecular flexibility index (Phi) is 6.61. The Bertz CT molecular complexity index is 715. The summed E-state index contributed by atoms with van der Waals surface area (Å²) in [4.78, 5) is 0. The summed E-state index contributed by atoms with van der Waals surface area (Å²) >= 11 is 5.78. The van der Waals surface area contributed by atoms with Crippen LogP contribution in [0.5, 0.6) is 5.75 Å². The number of benzene rings is 2. The van der Waals surface area contributed by atoms with Crippen LogP contribution in [0.1, 0.15) is 22.7 Å². The van der Waals surface area contributed by atoms with E-state index in [0.29, 0.717) is 0 Å². The maximum Gasteiger partial charge on any atom is 0.573 e. The number of hydrogen-bond donors (Lipinski definition) is 1. The number of hydrogen-bond acceptors (Lipinski definition) is 2. The molecule has 0 unspecified atom stereocenters. The molecule has 0 aliphatic rings. The molecule has 1 atom stereocenters. The molecule has 2 N–H and O–H groups in total. The van der Waals surface area contributed by atoms with Gasteiger partial charge in [0.2, 0.25) is 0 Å². The van der Waals surface area contributed by atoms with Gasteiger partial charge < -0.3 is 10.5 Å². The molecule has 0 aromatic heterocycles. The zero-order valence-corrected chi connectivity index (χ0v) is 13.7. The molecule has 2 aromatic rings. The summed E-state index contributed by atoms with van der Waals surface area (Å²) in [6.07, 6.45) is -9.48. The average Bonchev–Trinajstić information content (AvgIpc) is 2.44. The van der Waals surface area contributed by atoms with E-state index >= 15 is 0 Å². The Balaban J connectivity index is 0.00000312. The lowest BCUT2D eigenvalue weighted by Crippen LogP contribution is -2.17. The number of halogens is 8. The highest BCUT2D eigenvalue weighted by Crippen LogP contribution is 2.38. The van der Waals surface area contributed by atoms with Crippen LogP contribution in [0.25, 0.3) is 0 Å². The third-order valence-electron chi connectivity index (χ3n) is 3.14. The van der Waals surface area contributed by atoms with Gasteiger partial charge in [0.15, 0.2) is 0 Å². The van der Waals surface area contributed by atoms with Crippen LogP contribution in [0, 0.1) is 0 Å². The fourth-order valence-electron chi connectivity index (χ4n) is 2.07. The van der Waals surface area contributed by atoms with E-state index in [2.05, 4.69) is 4.74 Å². The molecule has 25 heavy (non-hydrogen) atoms. The molecule has 2 aromatic carbocycles. The molecular weight excluding hydrogens is 395 g/mol. The molecule has 0 bridgehead atoms. The maximum absolute atomic E-state index is 12.9. The van der Waals surface area contributed by atoms with Crippen molar-refractivity contribution in [3.8, 4) is 5.75 Å². The molecule has 0 fully saturated rings. The Hall–Kier alpha value is -1.64. The van der Waals surface area contributed by atoms with Gasteiger partial charge in [0.05, 0.1) is 16.6 Å². The third kappa shape index (κ3) is 5.42. The smallest absolute Gasteiger partial charge is 0.406 e. The van der Waals surface area contributed by atoms with E-state index in [1.807, 2.05) is 0 Å². The van der Waals surface area contributed by atoms with Crippen molar-refractivity contribution in [2.24, 2.45) is 5.73 Å². The van der Waals surface area contributed by atoms with E-state index in [0.717, 1.165) is 24.3 Å². The molecule has 0 heterocycles. The summed E-state index contributed by atoms with van der Waals surface area (Å²) in [6, 6.07) is 6.74. The molecule has 138 valence electrons. The highest BCUT2D eigenvalue weighted by Gasteiger charge is 2.34. The van der Waals surface area contributed by atoms with Gasteiger partial charge in [-0.05, 0) is 29.3 Å². The Morgan fingerprint density at radius 3 is 1.96 bits per heavy atom. The van der Waals surface area contributed by atoms with Gasteiger partial charge in [0, 0.05) is 0 Å². The molecule has 0 radical (unpaired) electrons. The number of nitrogens with two attached hydrogens (primary N) is 1. The Labute approximate surface area is 149 Å². The van der Waals surface area contributed by atoms with Gasteiger partial charge in [-0.15, -0.1) is 25.6 Å². The van der Waals surface area contributed by atoms with Gasteiger partial charge in [0.1, 0.15) is 5.75 Å². The molecule has 2 rings (SSSR count). The van der Waals surface area contributed by atoms with E-state index in [9.17, 15) is 26.3 Å². The van der Waals surface area contributed by atoms with Gasteiger partial charge >= 0.3 is 12.5 Å². The molecule has 0 aliphatic heterocycles. The normalized spacial score (nSPS) is 13.1. The fourth-order valence-corrected chi connectivity index (χ4v) is 2.42. The first-order chi connectivity index (χ1) is 11.0. The van der Waals surface area contributed by atoms with Crippen LogP contribution >= 0.6 is 24.0 Å². The van der Waals surface area contributed by atoms with Gasteiger partial charge in [-0.2, -0.15) is 13.2 Å². The van der Waals surface area contributed by atoms with E-state index in [-0.39, 0.29) is 23.5 Å². The first kappa shape index (κ1) is 21.4. The summed E-state index contributed by atoms with van der Waals surface area (Å²) < 4.78 is 78.6. The van der Waals surface area contributed by atoms with Crippen molar-refractivity contribution in [2.75, 3.05) is 0 Å². The molecule has 10 heteroatoms. The molecule has 0 saturated carbocycles. The number of alkyl halides is 6. The highest BCUT2D eigenvalue weighted by molar-refractivity contribution is 6.32. The Morgan fingerprint density at radius 2 is 1.48 bits per heavy atom. The van der Waals surface area contributed by atoms with Crippen LogP contribution in [-0.4, -0.2) is 6.36 Å². The van der Waals surface area contributed by atoms with E-state index in [4.69, 9.17) is 17.3 Å². The highest BCUT2D eigenvalue weighted by atomic mass is 35.5. The second-order valence-corrected chi connectivity index (χ2v) is 5.18. The summed E-state index contributed by atoms with van der Waals surface area (Å²) in [5.41, 5.74) is 5.15. The lowest BCUT2D eigenvalue weighted by molar-refractivity contribution is -0.274. The quantitative estimate of drug-likeness (QED) is 0.662. The van der Waals surface area contributed by atoms with Crippen molar-refractivity contribution in [1.29, 1.82) is 0 Å². The zero-order valence-electron chi connectivity index (χ0n) is 12.2. The van der Waals surface area contributed by atoms with Gasteiger partial charge in [-0.1, -0.05) is 35.9 Å². The van der Waals surface area contributed by atoms with Crippen molar-refractivity contribution < 1.29 is 31.1 Å². The first-order valence-electron chi connectivity index (χ1n) is 6.46. The predicted octanol–water partition coefficient (Wildman–Crippen LogP) is 5.73. The minimum absolute atomic E-state index is 0. The van der Waals surface area contributed by atoms with Crippen LogP contribution in [0.3, 0.4) is 0 Å². The molecule has 2 nitrogen and oxygen atoms in total. The predicted molar refractivity (Wildman–Crippen MR) is 82.9 cm³/mol. The fraction of sp³-hybridized carbons (Fsp3) is 0.200. The van der Waals surface area contributed by atoms with Crippen molar-refractivity contribution in [3.05, 3.63) is 64.2 Å². The molecular formula is C15H11Cl2F6NO. The monoisotopic (exact) mass is 405 g/mol. The first-order valence-corrected chi connectivity index (χ1v) is 6.84. The Morgan fingerprint density at radius 1 is 0.920 bits per heavy atom. The summed E-state index contributed by atoms with van der Waals surface area (Å²) in [5.74, 6) is -0.464. The van der Waals surface area contributed by atoms with Gasteiger partial charge in [-0.25, -0.2) is 0 Å². The SMILES string of the molecule is Cl.N[C@@H](c1ccc(OC(F)(F)F)cc1)c1cccc(C(F)(F)F)c1Cl. The molecule has 0 saturated heterocycles. The van der Waals surface area contributed by atoms with Crippen molar-refractivity contribution in [1.82, 2.24) is 0 Å². The van der Waals surface area contributed by atoms with Crippen LogP contribution < -0.4 is 10.5 Å². The zero-order chi connectivity index (χ0) is 18.1. The topological polar surface area (TPSA) is 35.2 Å². The largest absolute Gasteiger partial charge is 0.573 e. The summed E-state index contributed by atoms with van der Waals surface area (Å²) in [6.45, 7) is 0. The summed E-state index contributed by atoms with van der Waals surface area (Å²) in [7, 11) is 0. The van der Waals surface area contributed by atoms with Crippen LogP contribution in [-0.2, 0) is 6.18 Å². The van der Waals surface area contributed by atoms with E-state index in [1.54, 1.807) is 0 Å². The van der Waals surface area contributed by atoms with Gasteiger partial charge in [0.25, 0.3) is 0 Å². The summed E-state index contributed by atoms with van der Waals surface area (Å²) in [5, 5.41) is -0.548. The minimum Gasteiger partial charge on any atom is -0.406 e. The van der Waals surface area contributed by atoms with Crippen LogP contribution in [0.4, 0.5) is 26.3 Å². The second kappa shape index (κ2) is 7.72. The van der Waals surface area contributed by atoms with Crippen LogP contribution in [0.2, 0.25) is 5.02 Å². The minimum atomic E-state index is -4.84. The number of rotatable bonds is 3.